The van der Waals surface area contributed by atoms with Crippen molar-refractivity contribution in [2.45, 2.75) is 71.8 Å². The zero-order chi connectivity index (χ0) is 17.1. The molecule has 0 aliphatic heterocycles. The maximum absolute atomic E-state index is 11.8. The summed E-state index contributed by atoms with van der Waals surface area (Å²) >= 11 is 0. The van der Waals surface area contributed by atoms with E-state index in [4.69, 9.17) is 4.74 Å². The molecule has 0 aromatic heterocycles. The topological polar surface area (TPSA) is 43.4 Å². The fourth-order valence-electron chi connectivity index (χ4n) is 6.93. The Hall–Kier alpha value is -1.12. The predicted molar refractivity (Wildman–Crippen MR) is 92.2 cm³/mol. The first kappa shape index (κ1) is 16.4. The Morgan fingerprint density at radius 1 is 1.25 bits per heavy atom. The molecule has 6 unspecified atom stereocenters. The van der Waals surface area contributed by atoms with E-state index in [1.165, 1.54) is 24.8 Å². The number of carbonyl (C=O) groups is 2. The van der Waals surface area contributed by atoms with Crippen LogP contribution in [-0.2, 0) is 14.3 Å². The second kappa shape index (κ2) is 5.71. The molecule has 3 saturated carbocycles. The van der Waals surface area contributed by atoms with Gasteiger partial charge in [0.2, 0.25) is 0 Å². The third-order valence-corrected chi connectivity index (χ3v) is 7.86. The number of carbonyl (C=O) groups excluding carboxylic acids is 2. The molecular weight excluding hydrogens is 300 g/mol. The summed E-state index contributed by atoms with van der Waals surface area (Å²) in [6, 6.07) is 0. The molecule has 0 bridgehead atoms. The van der Waals surface area contributed by atoms with E-state index in [0.717, 1.165) is 37.5 Å². The predicted octanol–water partition coefficient (Wildman–Crippen LogP) is 4.31. The van der Waals surface area contributed by atoms with Gasteiger partial charge in [-0.1, -0.05) is 19.4 Å². The number of ether oxygens (including phenoxy) is 1. The monoisotopic (exact) mass is 330 g/mol. The van der Waals surface area contributed by atoms with Crippen LogP contribution in [0.15, 0.2) is 11.6 Å². The van der Waals surface area contributed by atoms with Crippen LogP contribution in [0.5, 0.6) is 0 Å². The molecule has 0 heterocycles. The normalized spacial score (nSPS) is 47.3. The van der Waals surface area contributed by atoms with E-state index < -0.39 is 0 Å². The number of esters is 1. The summed E-state index contributed by atoms with van der Waals surface area (Å²) in [6.45, 7) is 6.30. The van der Waals surface area contributed by atoms with Gasteiger partial charge in [0, 0.05) is 18.8 Å². The molecule has 24 heavy (non-hydrogen) atoms. The van der Waals surface area contributed by atoms with Crippen LogP contribution in [0.2, 0.25) is 0 Å². The van der Waals surface area contributed by atoms with Crippen molar-refractivity contribution < 1.29 is 14.3 Å². The van der Waals surface area contributed by atoms with E-state index in [0.29, 0.717) is 23.5 Å². The summed E-state index contributed by atoms with van der Waals surface area (Å²) in [6.07, 6.45) is 9.62. The molecule has 7 atom stereocenters. The molecule has 4 aliphatic carbocycles. The van der Waals surface area contributed by atoms with Gasteiger partial charge in [-0.3, -0.25) is 9.59 Å². The number of allylic oxidation sites excluding steroid dienone is 1. The van der Waals surface area contributed by atoms with E-state index in [1.807, 2.05) is 6.08 Å². The van der Waals surface area contributed by atoms with Gasteiger partial charge in [-0.25, -0.2) is 0 Å². The molecule has 0 aromatic carbocycles. The smallest absolute Gasteiger partial charge is 0.302 e. The molecule has 0 spiro atoms. The van der Waals surface area contributed by atoms with Gasteiger partial charge in [-0.2, -0.15) is 0 Å². The first-order valence-electron chi connectivity index (χ1n) is 9.80. The van der Waals surface area contributed by atoms with E-state index in [9.17, 15) is 9.59 Å². The highest BCUT2D eigenvalue weighted by Gasteiger charge is 2.58. The van der Waals surface area contributed by atoms with Gasteiger partial charge in [0.1, 0.15) is 6.10 Å². The van der Waals surface area contributed by atoms with Crippen LogP contribution in [0.4, 0.5) is 0 Å². The highest BCUT2D eigenvalue weighted by molar-refractivity contribution is 5.91. The van der Waals surface area contributed by atoms with Crippen LogP contribution in [0.3, 0.4) is 0 Å². The summed E-state index contributed by atoms with van der Waals surface area (Å²) < 4.78 is 5.72. The number of hydrogen-bond acceptors (Lipinski definition) is 3. The van der Waals surface area contributed by atoms with Crippen molar-refractivity contribution in [3.05, 3.63) is 11.6 Å². The second-order valence-electron chi connectivity index (χ2n) is 9.08. The van der Waals surface area contributed by atoms with Crippen LogP contribution in [-0.4, -0.2) is 17.9 Å². The fraction of sp³-hybridized carbons (Fsp3) is 0.810. The highest BCUT2D eigenvalue weighted by atomic mass is 16.5. The quantitative estimate of drug-likeness (QED) is 0.673. The fourth-order valence-corrected chi connectivity index (χ4v) is 6.93. The molecule has 0 aromatic rings. The summed E-state index contributed by atoms with van der Waals surface area (Å²) in [5, 5.41) is 0. The Labute approximate surface area is 145 Å². The summed E-state index contributed by atoms with van der Waals surface area (Å²) in [5.74, 6) is 3.64. The van der Waals surface area contributed by atoms with Crippen molar-refractivity contribution >= 4 is 11.8 Å². The van der Waals surface area contributed by atoms with E-state index >= 15 is 0 Å². The number of ketones is 1. The molecule has 3 heteroatoms. The summed E-state index contributed by atoms with van der Waals surface area (Å²) in [7, 11) is 0. The van der Waals surface area contributed by atoms with E-state index in [2.05, 4.69) is 13.8 Å². The molecule has 0 N–H and O–H groups in total. The van der Waals surface area contributed by atoms with Gasteiger partial charge in [0.05, 0.1) is 0 Å². The summed E-state index contributed by atoms with van der Waals surface area (Å²) in [5.41, 5.74) is 1.60. The molecule has 3 fully saturated rings. The lowest BCUT2D eigenvalue weighted by Gasteiger charge is -2.55. The Morgan fingerprint density at radius 2 is 2.04 bits per heavy atom. The molecule has 4 rings (SSSR count). The maximum Gasteiger partial charge on any atom is 0.302 e. The molecular formula is C21H30O3. The zero-order valence-electron chi connectivity index (χ0n) is 15.2. The van der Waals surface area contributed by atoms with Crippen molar-refractivity contribution in [2.24, 2.45) is 35.0 Å². The van der Waals surface area contributed by atoms with Crippen molar-refractivity contribution in [3.8, 4) is 0 Å². The third kappa shape index (κ3) is 2.38. The van der Waals surface area contributed by atoms with Crippen LogP contribution < -0.4 is 0 Å². The minimum Gasteiger partial charge on any atom is -0.462 e. The van der Waals surface area contributed by atoms with E-state index in [-0.39, 0.29) is 17.5 Å². The van der Waals surface area contributed by atoms with Crippen LogP contribution in [0, 0.1) is 35.0 Å². The Balaban J connectivity index is 1.62. The third-order valence-electron chi connectivity index (χ3n) is 7.86. The molecule has 0 amide bonds. The summed E-state index contributed by atoms with van der Waals surface area (Å²) in [4.78, 5) is 23.4. The Kier molecular flexibility index (Phi) is 3.89. The van der Waals surface area contributed by atoms with Crippen molar-refractivity contribution in [2.75, 3.05) is 0 Å². The first-order chi connectivity index (χ1) is 11.4. The van der Waals surface area contributed by atoms with Gasteiger partial charge in [0.15, 0.2) is 5.78 Å². The minimum absolute atomic E-state index is 0.109. The Bertz CT molecular complexity index is 592. The lowest BCUT2D eigenvalue weighted by molar-refractivity contribution is -0.157. The molecule has 0 saturated heterocycles. The lowest BCUT2D eigenvalue weighted by atomic mass is 9.49. The highest BCUT2D eigenvalue weighted by Crippen LogP contribution is 2.63. The molecule has 132 valence electrons. The zero-order valence-corrected chi connectivity index (χ0v) is 15.2. The Morgan fingerprint density at radius 3 is 2.79 bits per heavy atom. The van der Waals surface area contributed by atoms with Gasteiger partial charge in [0.25, 0.3) is 0 Å². The van der Waals surface area contributed by atoms with Crippen molar-refractivity contribution in [1.82, 2.24) is 0 Å². The largest absolute Gasteiger partial charge is 0.462 e. The molecule has 4 aliphatic rings. The van der Waals surface area contributed by atoms with Gasteiger partial charge >= 0.3 is 5.97 Å². The van der Waals surface area contributed by atoms with Crippen LogP contribution in [0.1, 0.15) is 65.7 Å². The maximum atomic E-state index is 11.8. The SMILES string of the molecule is CC(=O)OC1CCC2C3C(CCC12C)C1CCC(=O)C=C1C[C@H]3C. The number of rotatable bonds is 1. The van der Waals surface area contributed by atoms with Crippen LogP contribution in [0.25, 0.3) is 0 Å². The standard InChI is InChI=1S/C21H30O3/c1-12-10-14-11-15(23)4-5-16(14)17-8-9-21(3)18(20(12)17)6-7-19(21)24-13(2)22/h11-12,16-20H,4-10H2,1-3H3/t12-,16?,17?,18?,19?,20?,21?/m1/s1. The number of hydrogen-bond donors (Lipinski definition) is 0. The van der Waals surface area contributed by atoms with E-state index in [1.54, 1.807) is 6.92 Å². The van der Waals surface area contributed by atoms with Crippen LogP contribution >= 0.6 is 0 Å². The van der Waals surface area contributed by atoms with Gasteiger partial charge in [-0.15, -0.1) is 0 Å². The molecule has 0 radical (unpaired) electrons. The molecule has 3 nitrogen and oxygen atoms in total. The second-order valence-corrected chi connectivity index (χ2v) is 9.08. The van der Waals surface area contributed by atoms with Crippen molar-refractivity contribution in [1.29, 1.82) is 0 Å². The van der Waals surface area contributed by atoms with Crippen molar-refractivity contribution in [3.63, 3.8) is 0 Å². The average Bonchev–Trinajstić information content (AvgIpc) is 2.83. The first-order valence-corrected chi connectivity index (χ1v) is 9.80. The number of fused-ring (bicyclic) bond motifs is 5. The average molecular weight is 330 g/mol. The van der Waals surface area contributed by atoms with Gasteiger partial charge < -0.3 is 4.74 Å². The van der Waals surface area contributed by atoms with Gasteiger partial charge in [-0.05, 0) is 74.2 Å². The lowest BCUT2D eigenvalue weighted by Crippen LogP contribution is -2.50. The minimum atomic E-state index is -0.128.